The minimum absolute atomic E-state index is 0.0554. The molecule has 2 aliphatic heterocycles. The zero-order valence-corrected chi connectivity index (χ0v) is 11.4. The van der Waals surface area contributed by atoms with Crippen LogP contribution in [-0.2, 0) is 0 Å². The number of fused-ring (bicyclic) bond motifs is 1. The molecule has 1 aromatic carbocycles. The van der Waals surface area contributed by atoms with Crippen molar-refractivity contribution in [1.29, 1.82) is 0 Å². The number of rotatable bonds is 1. The molecule has 0 radical (unpaired) electrons. The van der Waals surface area contributed by atoms with Crippen LogP contribution in [0.1, 0.15) is 44.2 Å². The predicted molar refractivity (Wildman–Crippen MR) is 76.3 cm³/mol. The number of nitrogens with zero attached hydrogens (tertiary/aromatic N) is 1. The molecule has 3 aliphatic rings. The first-order chi connectivity index (χ1) is 9.24. The van der Waals surface area contributed by atoms with E-state index in [1.54, 1.807) is 0 Å². The highest BCUT2D eigenvalue weighted by molar-refractivity contribution is 5.80. The third-order valence-electron chi connectivity index (χ3n) is 4.54. The Morgan fingerprint density at radius 3 is 2.95 bits per heavy atom. The third kappa shape index (κ3) is 2.06. The lowest BCUT2D eigenvalue weighted by molar-refractivity contribution is 0.249. The van der Waals surface area contributed by atoms with Gasteiger partial charge in [-0.25, -0.2) is 0 Å². The number of hydrogen-bond acceptors (Lipinski definition) is 3. The van der Waals surface area contributed by atoms with Gasteiger partial charge in [-0.1, -0.05) is 13.0 Å². The normalized spacial score (nSPS) is 30.8. The molecule has 1 aliphatic carbocycles. The molecule has 1 spiro atoms. The van der Waals surface area contributed by atoms with E-state index in [-0.39, 0.29) is 5.60 Å². The van der Waals surface area contributed by atoms with Crippen LogP contribution in [0.5, 0.6) is 5.75 Å². The van der Waals surface area contributed by atoms with E-state index in [0.717, 1.165) is 36.7 Å². The second-order valence-electron chi connectivity index (χ2n) is 6.30. The van der Waals surface area contributed by atoms with E-state index in [2.05, 4.69) is 35.4 Å². The van der Waals surface area contributed by atoms with E-state index in [1.165, 1.54) is 18.4 Å². The van der Waals surface area contributed by atoms with Crippen molar-refractivity contribution in [3.05, 3.63) is 23.8 Å². The van der Waals surface area contributed by atoms with Crippen molar-refractivity contribution in [3.63, 3.8) is 0 Å². The minimum atomic E-state index is -0.0554. The smallest absolute Gasteiger partial charge is 0.146 e. The molecule has 2 heterocycles. The highest BCUT2D eigenvalue weighted by Crippen LogP contribution is 2.46. The van der Waals surface area contributed by atoms with E-state index in [0.29, 0.717) is 6.04 Å². The van der Waals surface area contributed by atoms with Crippen molar-refractivity contribution in [3.8, 4) is 5.75 Å². The summed E-state index contributed by atoms with van der Waals surface area (Å²) in [6.45, 7) is 3.43. The van der Waals surface area contributed by atoms with Gasteiger partial charge in [0.15, 0.2) is 0 Å². The van der Waals surface area contributed by atoms with E-state index < -0.39 is 0 Å². The quantitative estimate of drug-likeness (QED) is 0.835. The predicted octanol–water partition coefficient (Wildman–Crippen LogP) is 3.37. The Kier molecular flexibility index (Phi) is 2.46. The molecule has 0 aromatic heterocycles. The lowest BCUT2D eigenvalue weighted by atomic mass is 9.92. The summed E-state index contributed by atoms with van der Waals surface area (Å²) >= 11 is 0. The van der Waals surface area contributed by atoms with Crippen LogP contribution in [0.3, 0.4) is 0 Å². The largest absolute Gasteiger partial charge is 0.479 e. The molecule has 1 N–H and O–H groups in total. The van der Waals surface area contributed by atoms with E-state index in [1.807, 2.05) is 6.21 Å². The summed E-state index contributed by atoms with van der Waals surface area (Å²) in [6.07, 6.45) is 6.72. The maximum Gasteiger partial charge on any atom is 0.146 e. The summed E-state index contributed by atoms with van der Waals surface area (Å²) in [6, 6.07) is 6.96. The fourth-order valence-electron chi connectivity index (χ4n) is 3.01. The average molecular weight is 256 g/mol. The Morgan fingerprint density at radius 2 is 2.21 bits per heavy atom. The van der Waals surface area contributed by atoms with Gasteiger partial charge < -0.3 is 10.1 Å². The molecule has 4 rings (SSSR count). The van der Waals surface area contributed by atoms with Crippen LogP contribution in [0.25, 0.3) is 0 Å². The molecule has 2 fully saturated rings. The van der Waals surface area contributed by atoms with E-state index >= 15 is 0 Å². The Hall–Kier alpha value is -1.35. The molecule has 1 saturated carbocycles. The van der Waals surface area contributed by atoms with Gasteiger partial charge in [0.25, 0.3) is 0 Å². The minimum Gasteiger partial charge on any atom is -0.479 e. The Bertz CT molecular complexity index is 526. The summed E-state index contributed by atoms with van der Waals surface area (Å²) in [4.78, 5) is 4.54. The van der Waals surface area contributed by atoms with Crippen molar-refractivity contribution >= 4 is 11.9 Å². The molecule has 100 valence electrons. The first-order valence-corrected chi connectivity index (χ1v) is 7.36. The number of hydrogen-bond donors (Lipinski definition) is 1. The van der Waals surface area contributed by atoms with Crippen LogP contribution < -0.4 is 10.1 Å². The third-order valence-corrected chi connectivity index (χ3v) is 4.54. The van der Waals surface area contributed by atoms with Crippen LogP contribution in [0.2, 0.25) is 0 Å². The molecule has 1 unspecified atom stereocenters. The van der Waals surface area contributed by atoms with Crippen LogP contribution in [0, 0.1) is 5.92 Å². The second kappa shape index (κ2) is 4.07. The Labute approximate surface area is 114 Å². The van der Waals surface area contributed by atoms with Crippen molar-refractivity contribution in [2.75, 3.05) is 6.54 Å². The fraction of sp³-hybridized carbons (Fsp3) is 0.562. The molecular formula is C16H20N2O. The van der Waals surface area contributed by atoms with Crippen LogP contribution in [-0.4, -0.2) is 18.4 Å². The van der Waals surface area contributed by atoms with E-state index in [4.69, 9.17) is 4.74 Å². The fourth-order valence-corrected chi connectivity index (χ4v) is 3.01. The number of benzene rings is 1. The number of piperidine rings is 1. The maximum atomic E-state index is 6.11. The van der Waals surface area contributed by atoms with Gasteiger partial charge in [0.05, 0.1) is 0 Å². The second-order valence-corrected chi connectivity index (χ2v) is 6.30. The van der Waals surface area contributed by atoms with Gasteiger partial charge in [-0.3, -0.25) is 4.99 Å². The molecule has 1 saturated heterocycles. The average Bonchev–Trinajstić information content (AvgIpc) is 3.18. The Morgan fingerprint density at radius 1 is 1.32 bits per heavy atom. The van der Waals surface area contributed by atoms with Gasteiger partial charge in [-0.15, -0.1) is 0 Å². The molecule has 19 heavy (non-hydrogen) atoms. The van der Waals surface area contributed by atoms with Crippen LogP contribution in [0.15, 0.2) is 23.2 Å². The van der Waals surface area contributed by atoms with E-state index in [9.17, 15) is 0 Å². The standard InChI is InChI=1S/C16H20N2O/c1-11-2-4-13(17-9-11)12-3-5-14-15(8-12)19-16(6-7-16)10-18-14/h3,5,8,10-11,13,17H,2,4,6-7,9H2,1H3/t11-,13?/m0/s1. The van der Waals surface area contributed by atoms with Gasteiger partial charge in [-0.2, -0.15) is 0 Å². The summed E-state index contributed by atoms with van der Waals surface area (Å²) in [5.74, 6) is 1.77. The van der Waals surface area contributed by atoms with Crippen LogP contribution >= 0.6 is 0 Å². The number of nitrogens with one attached hydrogen (secondary N) is 1. The molecule has 1 aromatic rings. The SMILES string of the molecule is C[C@H]1CCC(c2ccc3c(c2)OC2(C=N3)CC2)NC1. The highest BCUT2D eigenvalue weighted by Gasteiger charge is 2.46. The van der Waals surface area contributed by atoms with Gasteiger partial charge in [0, 0.05) is 12.3 Å². The van der Waals surface area contributed by atoms with Crippen molar-refractivity contribution in [2.45, 2.75) is 44.2 Å². The summed E-state index contributed by atoms with van der Waals surface area (Å²) in [7, 11) is 0. The topological polar surface area (TPSA) is 33.6 Å². The highest BCUT2D eigenvalue weighted by atomic mass is 16.5. The first-order valence-electron chi connectivity index (χ1n) is 7.36. The molecule has 0 bridgehead atoms. The molecule has 3 heteroatoms. The molecule has 3 nitrogen and oxygen atoms in total. The molecule has 0 amide bonds. The lowest BCUT2D eigenvalue weighted by Crippen LogP contribution is -2.32. The van der Waals surface area contributed by atoms with Gasteiger partial charge in [0.2, 0.25) is 0 Å². The zero-order chi connectivity index (χ0) is 12.9. The van der Waals surface area contributed by atoms with Crippen LogP contribution in [0.4, 0.5) is 5.69 Å². The Balaban J connectivity index is 1.59. The maximum absolute atomic E-state index is 6.11. The van der Waals surface area contributed by atoms with Crippen molar-refractivity contribution in [1.82, 2.24) is 5.32 Å². The first kappa shape index (κ1) is 11.5. The van der Waals surface area contributed by atoms with Crippen molar-refractivity contribution < 1.29 is 4.74 Å². The summed E-state index contributed by atoms with van der Waals surface area (Å²) in [5.41, 5.74) is 2.27. The van der Waals surface area contributed by atoms with Gasteiger partial charge in [-0.05, 0) is 55.8 Å². The van der Waals surface area contributed by atoms with Gasteiger partial charge >= 0.3 is 0 Å². The van der Waals surface area contributed by atoms with Gasteiger partial charge in [0.1, 0.15) is 17.0 Å². The zero-order valence-electron chi connectivity index (χ0n) is 11.4. The monoisotopic (exact) mass is 256 g/mol. The molecular weight excluding hydrogens is 236 g/mol. The van der Waals surface area contributed by atoms with Crippen molar-refractivity contribution in [2.24, 2.45) is 10.9 Å². The summed E-state index contributed by atoms with van der Waals surface area (Å²) < 4.78 is 6.11. The summed E-state index contributed by atoms with van der Waals surface area (Å²) in [5, 5.41) is 3.63. The number of ether oxygens (including phenoxy) is 1. The number of aliphatic imine (C=N–C) groups is 1. The lowest BCUT2D eigenvalue weighted by Gasteiger charge is -2.29. The molecule has 2 atom stereocenters.